The zero-order chi connectivity index (χ0) is 18.6. The van der Waals surface area contributed by atoms with Crippen LogP contribution in [0.4, 0.5) is 0 Å². The van der Waals surface area contributed by atoms with E-state index < -0.39 is 15.2 Å². The molecule has 0 radical (unpaired) electrons. The van der Waals surface area contributed by atoms with Crippen molar-refractivity contribution >= 4 is 15.2 Å². The summed E-state index contributed by atoms with van der Waals surface area (Å²) in [6.07, 6.45) is 3.54. The lowest BCUT2D eigenvalue weighted by Gasteiger charge is -2.29. The third kappa shape index (κ3) is 7.27. The van der Waals surface area contributed by atoms with E-state index in [1.165, 1.54) is 7.11 Å². The summed E-state index contributed by atoms with van der Waals surface area (Å²) < 4.78 is 47.5. The lowest BCUT2D eigenvalue weighted by atomic mass is 10.1. The van der Waals surface area contributed by atoms with Crippen molar-refractivity contribution in [2.45, 2.75) is 78.0 Å². The zero-order valence-corrected chi connectivity index (χ0v) is 17.9. The Hall–Kier alpha value is 0.300. The van der Waals surface area contributed by atoms with Crippen molar-refractivity contribution < 1.29 is 27.2 Å². The molecular formula is C16H36O6P2. The Labute approximate surface area is 148 Å². The van der Waals surface area contributed by atoms with Crippen molar-refractivity contribution in [3.8, 4) is 0 Å². The second-order valence-corrected chi connectivity index (χ2v) is 10.4. The minimum absolute atomic E-state index is 0.196. The lowest BCUT2D eigenvalue weighted by molar-refractivity contribution is 0.207. The molecule has 24 heavy (non-hydrogen) atoms. The second-order valence-electron chi connectivity index (χ2n) is 5.60. The van der Waals surface area contributed by atoms with Crippen LogP contribution in [-0.4, -0.2) is 38.2 Å². The summed E-state index contributed by atoms with van der Waals surface area (Å²) in [5, 5.41) is 0. The van der Waals surface area contributed by atoms with Gasteiger partial charge in [-0.2, -0.15) is 0 Å². The van der Waals surface area contributed by atoms with E-state index in [1.54, 1.807) is 0 Å². The van der Waals surface area contributed by atoms with Crippen LogP contribution in [0.3, 0.4) is 0 Å². The van der Waals surface area contributed by atoms with Crippen molar-refractivity contribution in [1.82, 2.24) is 0 Å². The Balaban J connectivity index is 5.15. The van der Waals surface area contributed by atoms with Crippen molar-refractivity contribution in [2.75, 3.05) is 26.9 Å². The van der Waals surface area contributed by atoms with Crippen LogP contribution in [-0.2, 0) is 27.2 Å². The molecule has 3 unspecified atom stereocenters. The van der Waals surface area contributed by atoms with Gasteiger partial charge >= 0.3 is 15.2 Å². The van der Waals surface area contributed by atoms with Gasteiger partial charge < -0.3 is 18.1 Å². The van der Waals surface area contributed by atoms with Gasteiger partial charge in [-0.25, -0.2) is 0 Å². The Morgan fingerprint density at radius 1 is 0.708 bits per heavy atom. The smallest absolute Gasteiger partial charge is 0.312 e. The van der Waals surface area contributed by atoms with Gasteiger partial charge in [0.2, 0.25) is 0 Å². The molecule has 8 heteroatoms. The summed E-state index contributed by atoms with van der Waals surface area (Å²) in [5.74, 6) is 0. The van der Waals surface area contributed by atoms with E-state index in [0.717, 1.165) is 12.8 Å². The molecule has 0 saturated heterocycles. The SMILES string of the molecule is CCCC(CCC(CC)P(=O)(OCC)OCC)P(=O)(OC)OCC. The molecule has 3 atom stereocenters. The van der Waals surface area contributed by atoms with Gasteiger partial charge in [0.25, 0.3) is 0 Å². The van der Waals surface area contributed by atoms with E-state index >= 15 is 0 Å². The summed E-state index contributed by atoms with van der Waals surface area (Å²) in [7, 11) is -4.87. The zero-order valence-electron chi connectivity index (χ0n) is 16.2. The molecule has 0 aromatic carbocycles. The highest BCUT2D eigenvalue weighted by Crippen LogP contribution is 2.59. The van der Waals surface area contributed by atoms with Crippen LogP contribution in [0.5, 0.6) is 0 Å². The predicted molar refractivity (Wildman–Crippen MR) is 99.1 cm³/mol. The molecule has 0 fully saturated rings. The van der Waals surface area contributed by atoms with Crippen LogP contribution >= 0.6 is 15.2 Å². The van der Waals surface area contributed by atoms with Crippen molar-refractivity contribution in [3.63, 3.8) is 0 Å². The van der Waals surface area contributed by atoms with Crippen LogP contribution in [0, 0.1) is 0 Å². The Morgan fingerprint density at radius 3 is 1.54 bits per heavy atom. The minimum Gasteiger partial charge on any atom is -0.312 e. The topological polar surface area (TPSA) is 71.1 Å². The van der Waals surface area contributed by atoms with E-state index in [1.807, 2.05) is 34.6 Å². The fourth-order valence-electron chi connectivity index (χ4n) is 2.86. The molecule has 0 spiro atoms. The van der Waals surface area contributed by atoms with Gasteiger partial charge in [0.05, 0.1) is 31.1 Å². The summed E-state index contributed by atoms with van der Waals surface area (Å²) in [5.41, 5.74) is -0.401. The maximum absolute atomic E-state index is 13.0. The number of hydrogen-bond acceptors (Lipinski definition) is 6. The van der Waals surface area contributed by atoms with E-state index in [2.05, 4.69) is 0 Å². The average molecular weight is 386 g/mol. The van der Waals surface area contributed by atoms with Gasteiger partial charge in [0.15, 0.2) is 0 Å². The van der Waals surface area contributed by atoms with Crippen LogP contribution in [0.15, 0.2) is 0 Å². The van der Waals surface area contributed by atoms with Gasteiger partial charge in [-0.05, 0) is 46.5 Å². The van der Waals surface area contributed by atoms with Crippen molar-refractivity contribution in [1.29, 1.82) is 0 Å². The van der Waals surface area contributed by atoms with Gasteiger partial charge in [0, 0.05) is 7.11 Å². The molecule has 0 aliphatic carbocycles. The molecule has 6 nitrogen and oxygen atoms in total. The molecule has 0 aliphatic rings. The van der Waals surface area contributed by atoms with Crippen LogP contribution in [0.2, 0.25) is 0 Å². The molecule has 0 bridgehead atoms. The van der Waals surface area contributed by atoms with Crippen LogP contribution in [0.25, 0.3) is 0 Å². The molecule has 0 aliphatic heterocycles. The first-order valence-corrected chi connectivity index (χ1v) is 12.3. The monoisotopic (exact) mass is 386 g/mol. The average Bonchev–Trinajstić information content (AvgIpc) is 2.54. The summed E-state index contributed by atoms with van der Waals surface area (Å²) in [6, 6.07) is 0. The van der Waals surface area contributed by atoms with E-state index in [-0.39, 0.29) is 11.3 Å². The largest absolute Gasteiger partial charge is 0.333 e. The maximum Gasteiger partial charge on any atom is 0.333 e. The fourth-order valence-corrected chi connectivity index (χ4v) is 7.00. The lowest BCUT2D eigenvalue weighted by Crippen LogP contribution is -2.18. The Bertz CT molecular complexity index is 405. The van der Waals surface area contributed by atoms with Gasteiger partial charge in [-0.15, -0.1) is 0 Å². The number of rotatable bonds is 15. The summed E-state index contributed by atoms with van der Waals surface area (Å²) in [6.45, 7) is 10.5. The quantitative estimate of drug-likeness (QED) is 0.329. The molecule has 0 N–H and O–H groups in total. The van der Waals surface area contributed by atoms with Gasteiger partial charge in [-0.1, -0.05) is 20.3 Å². The molecule has 0 rings (SSSR count). The first kappa shape index (κ1) is 24.3. The molecule has 0 heterocycles. The molecule has 0 saturated carbocycles. The van der Waals surface area contributed by atoms with Crippen LogP contribution < -0.4 is 0 Å². The molecule has 0 aromatic heterocycles. The van der Waals surface area contributed by atoms with Crippen molar-refractivity contribution in [3.05, 3.63) is 0 Å². The Kier molecular flexibility index (Phi) is 12.8. The number of hydrogen-bond donors (Lipinski definition) is 0. The van der Waals surface area contributed by atoms with E-state index in [4.69, 9.17) is 18.1 Å². The first-order chi connectivity index (χ1) is 11.4. The third-order valence-electron chi connectivity index (χ3n) is 4.00. The van der Waals surface area contributed by atoms with Crippen LogP contribution in [0.1, 0.15) is 66.7 Å². The first-order valence-electron chi connectivity index (χ1n) is 9.05. The fraction of sp³-hybridized carbons (Fsp3) is 1.00. The normalized spacial score (nSPS) is 17.4. The summed E-state index contributed by atoms with van der Waals surface area (Å²) in [4.78, 5) is 0. The summed E-state index contributed by atoms with van der Waals surface area (Å²) >= 11 is 0. The molecule has 0 amide bonds. The van der Waals surface area contributed by atoms with Gasteiger partial charge in [-0.3, -0.25) is 9.13 Å². The molecular weight excluding hydrogens is 350 g/mol. The standard InChI is InChI=1S/C16H36O6P2/c1-7-12-16(23(17,19-6)20-9-3)14-13-15(8-2)24(18,21-10-4)22-11-5/h15-16H,7-14H2,1-6H3. The molecule has 0 aromatic rings. The minimum atomic E-state index is -3.15. The van der Waals surface area contributed by atoms with Gasteiger partial charge in [0.1, 0.15) is 0 Å². The highest BCUT2D eigenvalue weighted by Gasteiger charge is 2.38. The van der Waals surface area contributed by atoms with Crippen molar-refractivity contribution in [2.24, 2.45) is 0 Å². The highest BCUT2D eigenvalue weighted by molar-refractivity contribution is 7.55. The maximum atomic E-state index is 13.0. The van der Waals surface area contributed by atoms with E-state index in [0.29, 0.717) is 39.1 Å². The highest BCUT2D eigenvalue weighted by atomic mass is 31.2. The second kappa shape index (κ2) is 12.6. The molecule has 146 valence electrons. The Morgan fingerprint density at radius 2 is 1.17 bits per heavy atom. The predicted octanol–water partition coefficient (Wildman–Crippen LogP) is 5.86. The third-order valence-corrected chi connectivity index (χ3v) is 9.29. The van der Waals surface area contributed by atoms with E-state index in [9.17, 15) is 9.13 Å².